The molecule has 2 aromatic carbocycles. The van der Waals surface area contributed by atoms with Crippen LogP contribution in [0.25, 0.3) is 5.69 Å². The highest BCUT2D eigenvalue weighted by Gasteiger charge is 2.62. The van der Waals surface area contributed by atoms with Crippen LogP contribution in [0, 0.1) is 5.92 Å². The molecule has 168 valence electrons. The molecular weight excluding hydrogens is 426 g/mol. The van der Waals surface area contributed by atoms with Crippen molar-refractivity contribution >= 4 is 29.3 Å². The van der Waals surface area contributed by atoms with Crippen molar-refractivity contribution in [3.8, 4) is 5.69 Å². The van der Waals surface area contributed by atoms with Gasteiger partial charge in [0.1, 0.15) is 0 Å². The van der Waals surface area contributed by atoms with E-state index in [4.69, 9.17) is 9.47 Å². The first-order chi connectivity index (χ1) is 15.9. The summed E-state index contributed by atoms with van der Waals surface area (Å²) in [5.74, 6) is -3.58. The molecule has 0 bridgehead atoms. The minimum Gasteiger partial charge on any atom is -0.468 e. The average molecular weight is 447 g/mol. The van der Waals surface area contributed by atoms with E-state index in [0.29, 0.717) is 11.3 Å². The van der Waals surface area contributed by atoms with Gasteiger partial charge in [0.2, 0.25) is 0 Å². The smallest absolute Gasteiger partial charge is 0.354 e. The van der Waals surface area contributed by atoms with Crippen LogP contribution in [0.3, 0.4) is 0 Å². The number of hydrogen-bond acceptors (Lipinski definition) is 7. The van der Waals surface area contributed by atoms with Crippen molar-refractivity contribution in [2.75, 3.05) is 14.2 Å². The van der Waals surface area contributed by atoms with Crippen LogP contribution in [-0.4, -0.2) is 47.4 Å². The van der Waals surface area contributed by atoms with E-state index in [0.717, 1.165) is 14.2 Å². The quantitative estimate of drug-likeness (QED) is 0.458. The van der Waals surface area contributed by atoms with E-state index in [1.807, 2.05) is 0 Å². The Morgan fingerprint density at radius 1 is 0.970 bits per heavy atom. The van der Waals surface area contributed by atoms with Gasteiger partial charge in [-0.25, -0.2) is 14.5 Å². The molecule has 0 radical (unpaired) electrons. The monoisotopic (exact) mass is 447 g/mol. The topological polar surface area (TPSA) is 120 Å². The third-order valence-corrected chi connectivity index (χ3v) is 5.86. The number of Topliss-reactive ketones (excluding diaryl/α,β-unsaturated/α-hetero) is 1. The Morgan fingerprint density at radius 2 is 1.58 bits per heavy atom. The lowest BCUT2D eigenvalue weighted by Crippen LogP contribution is -2.55. The van der Waals surface area contributed by atoms with Gasteiger partial charge in [0.25, 0.3) is 5.56 Å². The second-order valence-corrected chi connectivity index (χ2v) is 7.52. The number of H-pyrrole nitrogens is 1. The Labute approximate surface area is 188 Å². The molecule has 0 saturated heterocycles. The van der Waals surface area contributed by atoms with Crippen molar-refractivity contribution in [2.45, 2.75) is 12.3 Å². The zero-order chi connectivity index (χ0) is 23.8. The summed E-state index contributed by atoms with van der Waals surface area (Å²) in [6.45, 7) is 1.47. The summed E-state index contributed by atoms with van der Waals surface area (Å²) in [6, 6.07) is 16.9. The molecule has 9 heteroatoms. The van der Waals surface area contributed by atoms with Crippen molar-refractivity contribution in [3.63, 3.8) is 0 Å². The Bertz CT molecular complexity index is 1320. The first-order valence-electron chi connectivity index (χ1n) is 10.1. The van der Waals surface area contributed by atoms with Crippen LogP contribution in [0.15, 0.2) is 70.5 Å². The number of ether oxygens (including phenoxy) is 2. The summed E-state index contributed by atoms with van der Waals surface area (Å²) < 4.78 is 11.1. The van der Waals surface area contributed by atoms with E-state index < -0.39 is 34.6 Å². The van der Waals surface area contributed by atoms with Gasteiger partial charge in [-0.05, 0) is 12.1 Å². The number of hydrogen-bond donors (Lipinski definition) is 1. The first-order valence-corrected chi connectivity index (χ1v) is 10.1. The number of rotatable bonds is 6. The lowest BCUT2D eigenvalue weighted by molar-refractivity contribution is -0.147. The summed E-state index contributed by atoms with van der Waals surface area (Å²) in [5, 5.41) is 2.84. The molecule has 0 fully saturated rings. The molecular formula is C24H21N3O6. The lowest BCUT2D eigenvalue weighted by Gasteiger charge is -2.31. The number of para-hydroxylation sites is 1. The molecule has 0 saturated carbocycles. The first kappa shape index (κ1) is 21.9. The van der Waals surface area contributed by atoms with Crippen LogP contribution in [0.5, 0.6) is 0 Å². The molecule has 2 atom stereocenters. The maximum atomic E-state index is 13.6. The van der Waals surface area contributed by atoms with Crippen LogP contribution in [0.1, 0.15) is 22.8 Å². The molecule has 3 aromatic rings. The van der Waals surface area contributed by atoms with Crippen LogP contribution in [-0.2, 0) is 24.5 Å². The number of methoxy groups -OCH3 is 2. The molecule has 0 spiro atoms. The number of benzene rings is 2. The lowest BCUT2D eigenvalue weighted by atomic mass is 9.66. The van der Waals surface area contributed by atoms with Gasteiger partial charge in [-0.2, -0.15) is 0 Å². The number of aromatic nitrogens is 2. The summed E-state index contributed by atoms with van der Waals surface area (Å²) >= 11 is 0. The number of esters is 2. The maximum Gasteiger partial charge on any atom is 0.354 e. The van der Waals surface area contributed by atoms with Gasteiger partial charge < -0.3 is 9.47 Å². The molecule has 1 aliphatic rings. The fourth-order valence-electron chi connectivity index (χ4n) is 4.25. The highest BCUT2D eigenvalue weighted by molar-refractivity contribution is 6.47. The SMILES string of the molecule is COC(=O)C1=Nc2[nH]n(-c3ccccc3)c(=O)c2[C@]1(C(=O)OC)[C@H](C)C(=O)c1ccccc1. The molecule has 1 aliphatic heterocycles. The zero-order valence-electron chi connectivity index (χ0n) is 18.2. The third-order valence-electron chi connectivity index (χ3n) is 5.86. The van der Waals surface area contributed by atoms with E-state index in [1.54, 1.807) is 60.7 Å². The van der Waals surface area contributed by atoms with Crippen molar-refractivity contribution in [1.29, 1.82) is 0 Å². The summed E-state index contributed by atoms with van der Waals surface area (Å²) in [4.78, 5) is 57.5. The number of aliphatic imine (C=N–C) groups is 1. The molecule has 1 aromatic heterocycles. The van der Waals surface area contributed by atoms with E-state index in [-0.39, 0.29) is 17.1 Å². The Morgan fingerprint density at radius 3 is 2.15 bits per heavy atom. The number of nitrogens with zero attached hydrogens (tertiary/aromatic N) is 2. The summed E-state index contributed by atoms with van der Waals surface area (Å²) in [7, 11) is 2.25. The minimum absolute atomic E-state index is 0.0117. The van der Waals surface area contributed by atoms with Gasteiger partial charge in [-0.1, -0.05) is 55.5 Å². The number of fused-ring (bicyclic) bond motifs is 1. The number of aromatic amines is 1. The van der Waals surface area contributed by atoms with E-state index in [2.05, 4.69) is 10.1 Å². The van der Waals surface area contributed by atoms with Crippen LogP contribution < -0.4 is 5.56 Å². The molecule has 0 aliphatic carbocycles. The number of nitrogens with one attached hydrogen (secondary N) is 1. The highest BCUT2D eigenvalue weighted by atomic mass is 16.5. The number of ketones is 1. The van der Waals surface area contributed by atoms with Crippen molar-refractivity contribution in [1.82, 2.24) is 9.78 Å². The van der Waals surface area contributed by atoms with Crippen LogP contribution in [0.2, 0.25) is 0 Å². The van der Waals surface area contributed by atoms with Gasteiger partial charge >= 0.3 is 11.9 Å². The molecule has 9 nitrogen and oxygen atoms in total. The standard InChI is InChI=1S/C24H21N3O6/c1-14(18(28)15-10-6-4-7-11-15)24(23(31)33-3)17-20(25-19(24)22(30)32-2)26-27(21(17)29)16-12-8-5-9-13-16/h4-14,26H,1-3H3/t14-,24-/m1/s1. The van der Waals surface area contributed by atoms with Gasteiger partial charge in [-0.3, -0.25) is 19.5 Å². The second-order valence-electron chi connectivity index (χ2n) is 7.52. The zero-order valence-corrected chi connectivity index (χ0v) is 18.2. The Kier molecular flexibility index (Phi) is 5.55. The van der Waals surface area contributed by atoms with Crippen molar-refractivity contribution in [2.24, 2.45) is 10.9 Å². The third kappa shape index (κ3) is 3.20. The van der Waals surface area contributed by atoms with Crippen molar-refractivity contribution in [3.05, 3.63) is 82.1 Å². The molecule has 33 heavy (non-hydrogen) atoms. The van der Waals surface area contributed by atoms with Gasteiger partial charge in [0.05, 0.1) is 25.5 Å². The molecule has 1 N–H and O–H groups in total. The van der Waals surface area contributed by atoms with E-state index in [9.17, 15) is 19.2 Å². The molecule has 0 unspecified atom stereocenters. The molecule has 2 heterocycles. The summed E-state index contributed by atoms with van der Waals surface area (Å²) in [5.41, 5.74) is -2.45. The Hall–Kier alpha value is -4.27. The predicted molar refractivity (Wildman–Crippen MR) is 119 cm³/mol. The van der Waals surface area contributed by atoms with E-state index in [1.165, 1.54) is 11.6 Å². The van der Waals surface area contributed by atoms with Crippen LogP contribution in [0.4, 0.5) is 5.82 Å². The van der Waals surface area contributed by atoms with Gasteiger partial charge in [0.15, 0.2) is 22.7 Å². The maximum absolute atomic E-state index is 13.6. The number of carbonyl (C=O) groups is 3. The largest absolute Gasteiger partial charge is 0.468 e. The van der Waals surface area contributed by atoms with Crippen LogP contribution >= 0.6 is 0 Å². The van der Waals surface area contributed by atoms with Crippen molar-refractivity contribution < 1.29 is 23.9 Å². The Balaban J connectivity index is 2.01. The van der Waals surface area contributed by atoms with Gasteiger partial charge in [-0.15, -0.1) is 0 Å². The average Bonchev–Trinajstić information content (AvgIpc) is 3.38. The van der Waals surface area contributed by atoms with E-state index >= 15 is 0 Å². The second kappa shape index (κ2) is 8.34. The number of carbonyl (C=O) groups excluding carboxylic acids is 3. The summed E-state index contributed by atoms with van der Waals surface area (Å²) in [6.07, 6.45) is 0. The minimum atomic E-state index is -2.10. The highest BCUT2D eigenvalue weighted by Crippen LogP contribution is 2.45. The fourth-order valence-corrected chi connectivity index (χ4v) is 4.25. The van der Waals surface area contributed by atoms with Gasteiger partial charge in [0, 0.05) is 11.5 Å². The predicted octanol–water partition coefficient (Wildman–Crippen LogP) is 2.35. The normalized spacial score (nSPS) is 17.6. The molecule has 4 rings (SSSR count). The molecule has 0 amide bonds. The fraction of sp³-hybridized carbons (Fsp3) is 0.208.